The highest BCUT2D eigenvalue weighted by molar-refractivity contribution is 7.21. The molecule has 26 heavy (non-hydrogen) atoms. The van der Waals surface area contributed by atoms with Gasteiger partial charge in [-0.25, -0.2) is 9.37 Å². The van der Waals surface area contributed by atoms with E-state index in [1.807, 2.05) is 36.4 Å². The van der Waals surface area contributed by atoms with Gasteiger partial charge in [-0.3, -0.25) is 4.79 Å². The number of nitrogen functional groups attached to an aromatic ring is 1. The molecular formula is C20H14FN3OS. The van der Waals surface area contributed by atoms with Crippen molar-refractivity contribution in [1.29, 1.82) is 0 Å². The molecule has 1 amide bonds. The van der Waals surface area contributed by atoms with E-state index in [0.29, 0.717) is 27.2 Å². The molecule has 2 aromatic heterocycles. The van der Waals surface area contributed by atoms with Crippen LogP contribution in [0.25, 0.3) is 32.6 Å². The molecule has 0 aliphatic rings. The van der Waals surface area contributed by atoms with Gasteiger partial charge in [-0.05, 0) is 29.3 Å². The molecule has 2 heterocycles. The Morgan fingerprint density at radius 3 is 2.42 bits per heavy atom. The molecular weight excluding hydrogens is 349 g/mol. The summed E-state index contributed by atoms with van der Waals surface area (Å²) in [7, 11) is 0. The minimum atomic E-state index is -0.586. The number of halogens is 1. The number of amides is 1. The number of primary amides is 1. The molecule has 0 saturated heterocycles. The molecule has 0 saturated carbocycles. The van der Waals surface area contributed by atoms with Crippen molar-refractivity contribution >= 4 is 33.1 Å². The number of benzene rings is 2. The third-order valence-corrected chi connectivity index (χ3v) is 5.24. The van der Waals surface area contributed by atoms with Crippen LogP contribution in [0, 0.1) is 5.82 Å². The Kier molecular flexibility index (Phi) is 3.89. The number of fused-ring (bicyclic) bond motifs is 1. The maximum atomic E-state index is 13.7. The van der Waals surface area contributed by atoms with Crippen LogP contribution in [-0.2, 0) is 0 Å². The highest BCUT2D eigenvalue weighted by Crippen LogP contribution is 2.41. The predicted octanol–water partition coefficient (Wildman–Crippen LogP) is 4.45. The monoisotopic (exact) mass is 363 g/mol. The van der Waals surface area contributed by atoms with Crippen LogP contribution in [0.1, 0.15) is 9.67 Å². The third-order valence-electron chi connectivity index (χ3n) is 4.13. The zero-order valence-corrected chi connectivity index (χ0v) is 14.4. The minimum Gasteiger partial charge on any atom is -0.397 e. The number of hydrogen-bond acceptors (Lipinski definition) is 4. The van der Waals surface area contributed by atoms with Crippen LogP contribution < -0.4 is 11.5 Å². The number of hydrogen-bond donors (Lipinski definition) is 2. The third kappa shape index (κ3) is 2.70. The molecule has 0 bridgehead atoms. The lowest BCUT2D eigenvalue weighted by molar-refractivity contribution is 0.100. The standard InChI is InChI=1S/C20H14FN3OS/c21-13-8-4-7-12(9-13)15-10-14(11-5-2-1-3-6-11)16-17(22)18(19(23)25)26-20(16)24-15/h1-10H,22H2,(H2,23,25). The number of nitrogens with zero attached hydrogens (tertiary/aromatic N) is 1. The Balaban J connectivity index is 2.07. The Bertz CT molecular complexity index is 1140. The number of anilines is 1. The average molecular weight is 363 g/mol. The second-order valence-corrected chi connectivity index (χ2v) is 6.82. The van der Waals surface area contributed by atoms with Crippen LogP contribution in [0.15, 0.2) is 60.7 Å². The second kappa shape index (κ2) is 6.24. The molecule has 0 aliphatic heterocycles. The lowest BCUT2D eigenvalue weighted by Gasteiger charge is -2.09. The number of pyridine rings is 1. The van der Waals surface area contributed by atoms with Gasteiger partial charge in [-0.1, -0.05) is 42.5 Å². The van der Waals surface area contributed by atoms with Gasteiger partial charge < -0.3 is 11.5 Å². The van der Waals surface area contributed by atoms with E-state index in [4.69, 9.17) is 11.5 Å². The largest absolute Gasteiger partial charge is 0.397 e. The van der Waals surface area contributed by atoms with Crippen LogP contribution in [0.2, 0.25) is 0 Å². The zero-order chi connectivity index (χ0) is 18.3. The van der Waals surface area contributed by atoms with Crippen LogP contribution >= 0.6 is 11.3 Å². The average Bonchev–Trinajstić information content (AvgIpc) is 2.99. The molecule has 6 heteroatoms. The van der Waals surface area contributed by atoms with Crippen LogP contribution in [0.3, 0.4) is 0 Å². The molecule has 0 spiro atoms. The first-order valence-electron chi connectivity index (χ1n) is 7.89. The van der Waals surface area contributed by atoms with E-state index in [0.717, 1.165) is 22.5 Å². The van der Waals surface area contributed by atoms with Gasteiger partial charge >= 0.3 is 0 Å². The van der Waals surface area contributed by atoms with Crippen molar-refractivity contribution in [3.63, 3.8) is 0 Å². The first-order valence-corrected chi connectivity index (χ1v) is 8.70. The van der Waals surface area contributed by atoms with Crippen molar-refractivity contribution in [3.05, 3.63) is 71.4 Å². The topological polar surface area (TPSA) is 82.0 Å². The summed E-state index contributed by atoms with van der Waals surface area (Å²) in [6, 6.07) is 17.7. The number of rotatable bonds is 3. The summed E-state index contributed by atoms with van der Waals surface area (Å²) in [6.07, 6.45) is 0. The summed E-state index contributed by atoms with van der Waals surface area (Å²) in [5.74, 6) is -0.925. The molecule has 0 unspecified atom stereocenters. The number of nitrogens with two attached hydrogens (primary N) is 2. The van der Waals surface area contributed by atoms with Gasteiger partial charge in [0, 0.05) is 10.9 Å². The highest BCUT2D eigenvalue weighted by Gasteiger charge is 2.20. The maximum absolute atomic E-state index is 13.7. The SMILES string of the molecule is NC(=O)c1sc2nc(-c3cccc(F)c3)cc(-c3ccccc3)c2c1N. The smallest absolute Gasteiger partial charge is 0.260 e. The molecule has 0 radical (unpaired) electrons. The molecule has 4 rings (SSSR count). The fourth-order valence-corrected chi connectivity index (χ4v) is 3.92. The fraction of sp³-hybridized carbons (Fsp3) is 0. The van der Waals surface area contributed by atoms with Crippen molar-refractivity contribution in [2.24, 2.45) is 5.73 Å². The number of aromatic nitrogens is 1. The molecule has 4 aromatic rings. The van der Waals surface area contributed by atoms with Crippen molar-refractivity contribution < 1.29 is 9.18 Å². The Hall–Kier alpha value is -3.25. The Morgan fingerprint density at radius 1 is 1.00 bits per heavy atom. The van der Waals surface area contributed by atoms with Crippen LogP contribution in [0.5, 0.6) is 0 Å². The first-order chi connectivity index (χ1) is 12.5. The summed E-state index contributed by atoms with van der Waals surface area (Å²) in [5, 5.41) is 0.690. The molecule has 4 N–H and O–H groups in total. The number of carbonyl (C=O) groups is 1. The van der Waals surface area contributed by atoms with E-state index in [2.05, 4.69) is 4.98 Å². The lowest BCUT2D eigenvalue weighted by Crippen LogP contribution is -2.10. The molecule has 2 aromatic carbocycles. The molecule has 0 fully saturated rings. The quantitative estimate of drug-likeness (QED) is 0.564. The maximum Gasteiger partial charge on any atom is 0.260 e. The summed E-state index contributed by atoms with van der Waals surface area (Å²) >= 11 is 1.15. The fourth-order valence-electron chi connectivity index (χ4n) is 2.95. The van der Waals surface area contributed by atoms with Crippen molar-refractivity contribution in [2.45, 2.75) is 0 Å². The van der Waals surface area contributed by atoms with Gasteiger partial charge in [-0.15, -0.1) is 11.3 Å². The van der Waals surface area contributed by atoms with E-state index in [-0.39, 0.29) is 10.7 Å². The minimum absolute atomic E-state index is 0.279. The zero-order valence-electron chi connectivity index (χ0n) is 13.6. The Labute approximate surface area is 152 Å². The molecule has 0 aliphatic carbocycles. The summed E-state index contributed by atoms with van der Waals surface area (Å²) in [6.45, 7) is 0. The van der Waals surface area contributed by atoms with Gasteiger partial charge in [0.25, 0.3) is 5.91 Å². The molecule has 0 atom stereocenters. The summed E-state index contributed by atoms with van der Waals surface area (Å²) in [4.78, 5) is 17.2. The van der Waals surface area contributed by atoms with Gasteiger partial charge in [0.05, 0.1) is 11.4 Å². The normalized spacial score (nSPS) is 11.0. The van der Waals surface area contributed by atoms with Crippen molar-refractivity contribution in [2.75, 3.05) is 5.73 Å². The Morgan fingerprint density at radius 2 is 1.73 bits per heavy atom. The lowest BCUT2D eigenvalue weighted by atomic mass is 9.99. The number of thiophene rings is 1. The molecule has 4 nitrogen and oxygen atoms in total. The summed E-state index contributed by atoms with van der Waals surface area (Å²) in [5.41, 5.74) is 15.0. The first kappa shape index (κ1) is 16.2. The van der Waals surface area contributed by atoms with Crippen LogP contribution in [-0.4, -0.2) is 10.9 Å². The van der Waals surface area contributed by atoms with E-state index in [9.17, 15) is 9.18 Å². The van der Waals surface area contributed by atoms with Gasteiger partial charge in [0.1, 0.15) is 15.5 Å². The molecule has 128 valence electrons. The highest BCUT2D eigenvalue weighted by atomic mass is 32.1. The van der Waals surface area contributed by atoms with Gasteiger partial charge in [0.2, 0.25) is 0 Å². The van der Waals surface area contributed by atoms with Crippen LogP contribution in [0.4, 0.5) is 10.1 Å². The van der Waals surface area contributed by atoms with Crippen molar-refractivity contribution in [1.82, 2.24) is 4.98 Å². The van der Waals surface area contributed by atoms with E-state index in [1.165, 1.54) is 12.1 Å². The van der Waals surface area contributed by atoms with Gasteiger partial charge in [0.15, 0.2) is 0 Å². The van der Waals surface area contributed by atoms with Crippen molar-refractivity contribution in [3.8, 4) is 22.4 Å². The summed E-state index contributed by atoms with van der Waals surface area (Å²) < 4.78 is 13.7. The predicted molar refractivity (Wildman–Crippen MR) is 103 cm³/mol. The van der Waals surface area contributed by atoms with E-state index in [1.54, 1.807) is 12.1 Å². The van der Waals surface area contributed by atoms with Gasteiger partial charge in [-0.2, -0.15) is 0 Å². The second-order valence-electron chi connectivity index (χ2n) is 5.82. The van der Waals surface area contributed by atoms with E-state index >= 15 is 0 Å². The number of carbonyl (C=O) groups excluding carboxylic acids is 1. The van der Waals surface area contributed by atoms with E-state index < -0.39 is 5.91 Å².